The monoisotopic (exact) mass is 489 g/mol. The van der Waals surface area contributed by atoms with E-state index in [2.05, 4.69) is 41.5 Å². The first kappa shape index (κ1) is 22.8. The van der Waals surface area contributed by atoms with Crippen LogP contribution in [0.15, 0.2) is 46.0 Å². The molecule has 0 fully saturated rings. The summed E-state index contributed by atoms with van der Waals surface area (Å²) < 4.78 is 11.7. The van der Waals surface area contributed by atoms with E-state index in [0.717, 1.165) is 4.47 Å². The smallest absolute Gasteiger partial charge is 0.413 e. The average molecular weight is 490 g/mol. The number of ether oxygens (including phenoxy) is 2. The lowest BCUT2D eigenvalue weighted by atomic mass is 9.98. The molecule has 2 N–H and O–H groups in total. The molecule has 0 radical (unpaired) electrons. The fourth-order valence-electron chi connectivity index (χ4n) is 2.82. The molecule has 164 valence electrons. The van der Waals surface area contributed by atoms with Crippen molar-refractivity contribution in [2.45, 2.75) is 38.8 Å². The summed E-state index contributed by atoms with van der Waals surface area (Å²) in [6.07, 6.45) is 0.947. The molecular formula is C21H24BrN5O4. The number of nitrogens with zero attached hydrogens (tertiary/aromatic N) is 3. The summed E-state index contributed by atoms with van der Waals surface area (Å²) in [4.78, 5) is 37.7. The van der Waals surface area contributed by atoms with E-state index in [1.54, 1.807) is 57.3 Å². The van der Waals surface area contributed by atoms with E-state index in [9.17, 15) is 9.59 Å². The predicted molar refractivity (Wildman–Crippen MR) is 119 cm³/mol. The molecule has 1 unspecified atom stereocenters. The van der Waals surface area contributed by atoms with Crippen molar-refractivity contribution in [3.05, 3.63) is 52.4 Å². The third-order valence-corrected chi connectivity index (χ3v) is 4.62. The quantitative estimate of drug-likeness (QED) is 0.679. The van der Waals surface area contributed by atoms with Crippen LogP contribution in [0.25, 0.3) is 0 Å². The van der Waals surface area contributed by atoms with Gasteiger partial charge in [0.2, 0.25) is 0 Å². The SMILES string of the molecule is CC(C)(C)OC(=O)NC1=NC(C)(c2cccc(NC(=O)c3ccc(Br)cn3)n2)COC1. The molecule has 0 saturated carbocycles. The number of carbonyl (C=O) groups excluding carboxylic acids is 2. The van der Waals surface area contributed by atoms with E-state index in [1.807, 2.05) is 6.92 Å². The molecule has 0 aliphatic carbocycles. The Morgan fingerprint density at radius 2 is 1.97 bits per heavy atom. The number of hydrogen-bond acceptors (Lipinski definition) is 7. The van der Waals surface area contributed by atoms with Gasteiger partial charge in [0.05, 0.1) is 12.3 Å². The second kappa shape index (κ2) is 9.11. The Bertz CT molecular complexity index is 1000. The largest absolute Gasteiger partial charge is 0.444 e. The normalized spacial score (nSPS) is 18.7. The lowest BCUT2D eigenvalue weighted by Crippen LogP contribution is -2.44. The molecule has 0 bridgehead atoms. The molecule has 10 heteroatoms. The highest BCUT2D eigenvalue weighted by Gasteiger charge is 2.33. The van der Waals surface area contributed by atoms with Crippen molar-refractivity contribution in [3.63, 3.8) is 0 Å². The number of nitrogens with one attached hydrogen (secondary N) is 2. The van der Waals surface area contributed by atoms with E-state index in [4.69, 9.17) is 9.47 Å². The molecule has 0 aromatic carbocycles. The maximum atomic E-state index is 12.4. The summed E-state index contributed by atoms with van der Waals surface area (Å²) in [5, 5.41) is 5.36. The van der Waals surface area contributed by atoms with Crippen LogP contribution in [0.1, 0.15) is 43.9 Å². The van der Waals surface area contributed by atoms with Gasteiger partial charge in [-0.25, -0.2) is 14.8 Å². The van der Waals surface area contributed by atoms with E-state index in [1.165, 1.54) is 0 Å². The maximum Gasteiger partial charge on any atom is 0.413 e. The number of hydrogen-bond donors (Lipinski definition) is 2. The average Bonchev–Trinajstić information content (AvgIpc) is 2.67. The second-order valence-corrected chi connectivity index (χ2v) is 9.09. The van der Waals surface area contributed by atoms with Crippen molar-refractivity contribution >= 4 is 39.6 Å². The first-order valence-electron chi connectivity index (χ1n) is 9.61. The van der Waals surface area contributed by atoms with Crippen molar-refractivity contribution in [1.29, 1.82) is 0 Å². The number of carbonyl (C=O) groups is 2. The van der Waals surface area contributed by atoms with Gasteiger partial charge in [-0.2, -0.15) is 0 Å². The molecule has 9 nitrogen and oxygen atoms in total. The lowest BCUT2D eigenvalue weighted by Gasteiger charge is -2.30. The second-order valence-electron chi connectivity index (χ2n) is 8.18. The minimum absolute atomic E-state index is 0.153. The molecule has 2 amide bonds. The highest BCUT2D eigenvalue weighted by atomic mass is 79.9. The molecule has 3 rings (SSSR count). The zero-order chi connectivity index (χ0) is 22.6. The number of alkyl carbamates (subject to hydrolysis) is 1. The first-order chi connectivity index (χ1) is 14.5. The fourth-order valence-corrected chi connectivity index (χ4v) is 3.05. The van der Waals surface area contributed by atoms with Gasteiger partial charge in [-0.1, -0.05) is 6.07 Å². The molecule has 31 heavy (non-hydrogen) atoms. The minimum atomic E-state index is -0.848. The topological polar surface area (TPSA) is 115 Å². The summed E-state index contributed by atoms with van der Waals surface area (Å²) in [5.41, 5.74) is -0.623. The van der Waals surface area contributed by atoms with Gasteiger partial charge in [-0.3, -0.25) is 15.1 Å². The van der Waals surface area contributed by atoms with Gasteiger partial charge in [0.25, 0.3) is 5.91 Å². The molecule has 2 aromatic rings. The van der Waals surface area contributed by atoms with Gasteiger partial charge in [-0.15, -0.1) is 0 Å². The summed E-state index contributed by atoms with van der Waals surface area (Å²) in [6.45, 7) is 7.61. The molecule has 1 aliphatic rings. The van der Waals surface area contributed by atoms with E-state index in [0.29, 0.717) is 17.3 Å². The Balaban J connectivity index is 1.76. The van der Waals surface area contributed by atoms with Gasteiger partial charge in [0, 0.05) is 10.7 Å². The number of anilines is 1. The maximum absolute atomic E-state index is 12.4. The van der Waals surface area contributed by atoms with E-state index >= 15 is 0 Å². The zero-order valence-corrected chi connectivity index (χ0v) is 19.3. The molecule has 1 atom stereocenters. The first-order valence-corrected chi connectivity index (χ1v) is 10.4. The van der Waals surface area contributed by atoms with Crippen LogP contribution >= 0.6 is 15.9 Å². The van der Waals surface area contributed by atoms with Crippen LogP contribution in [-0.2, 0) is 15.0 Å². The molecule has 1 aliphatic heterocycles. The Morgan fingerprint density at radius 3 is 2.65 bits per heavy atom. The van der Waals surface area contributed by atoms with Crippen molar-refractivity contribution in [3.8, 4) is 0 Å². The van der Waals surface area contributed by atoms with Crippen LogP contribution in [0.4, 0.5) is 10.6 Å². The Hall–Kier alpha value is -2.85. The summed E-state index contributed by atoms with van der Waals surface area (Å²) in [6, 6.07) is 8.58. The Kier molecular flexibility index (Phi) is 6.71. The van der Waals surface area contributed by atoms with Gasteiger partial charge >= 0.3 is 6.09 Å². The highest BCUT2D eigenvalue weighted by Crippen LogP contribution is 2.28. The highest BCUT2D eigenvalue weighted by molar-refractivity contribution is 9.10. The van der Waals surface area contributed by atoms with E-state index in [-0.39, 0.29) is 24.8 Å². The summed E-state index contributed by atoms with van der Waals surface area (Å²) in [7, 11) is 0. The third kappa shape index (κ3) is 6.31. The van der Waals surface area contributed by atoms with Crippen LogP contribution in [-0.4, -0.2) is 46.6 Å². The van der Waals surface area contributed by atoms with Crippen LogP contribution in [0, 0.1) is 0 Å². The molecule has 3 heterocycles. The van der Waals surface area contributed by atoms with E-state index < -0.39 is 17.2 Å². The molecule has 0 saturated heterocycles. The van der Waals surface area contributed by atoms with Gasteiger partial charge in [0.1, 0.15) is 35.1 Å². The predicted octanol–water partition coefficient (Wildman–Crippen LogP) is 3.66. The molecule has 0 spiro atoms. The minimum Gasteiger partial charge on any atom is -0.444 e. The Morgan fingerprint density at radius 1 is 1.19 bits per heavy atom. The number of amides is 2. The lowest BCUT2D eigenvalue weighted by molar-refractivity contribution is 0.0542. The fraction of sp³-hybridized carbons (Fsp3) is 0.381. The van der Waals surface area contributed by atoms with Crippen LogP contribution in [0.3, 0.4) is 0 Å². The summed E-state index contributed by atoms with van der Waals surface area (Å²) in [5.74, 6) is 0.326. The third-order valence-electron chi connectivity index (χ3n) is 4.15. The standard InChI is InChI=1S/C21H24BrN5O4/c1-20(2,3)31-19(29)26-17-11-30-12-21(4,27-17)15-6-5-7-16(24-15)25-18(28)14-9-8-13(22)10-23-14/h5-10H,11-12H2,1-4H3,(H,24,25,28)(H,26,27,29). The van der Waals surface area contributed by atoms with Gasteiger partial charge < -0.3 is 14.8 Å². The Labute approximate surface area is 188 Å². The number of halogens is 1. The molecule has 2 aromatic heterocycles. The molecular weight excluding hydrogens is 466 g/mol. The van der Waals surface area contributed by atoms with Crippen LogP contribution < -0.4 is 10.6 Å². The zero-order valence-electron chi connectivity index (χ0n) is 17.7. The van der Waals surface area contributed by atoms with Crippen LogP contribution in [0.2, 0.25) is 0 Å². The van der Waals surface area contributed by atoms with Crippen LogP contribution in [0.5, 0.6) is 0 Å². The van der Waals surface area contributed by atoms with Crippen molar-refractivity contribution in [2.75, 3.05) is 18.5 Å². The van der Waals surface area contributed by atoms with Gasteiger partial charge in [-0.05, 0) is 67.9 Å². The number of aromatic nitrogens is 2. The van der Waals surface area contributed by atoms with Gasteiger partial charge in [0.15, 0.2) is 0 Å². The number of rotatable bonds is 3. The summed E-state index contributed by atoms with van der Waals surface area (Å²) >= 11 is 3.29. The number of aliphatic imine (C=N–C) groups is 1. The van der Waals surface area contributed by atoms with Crippen molar-refractivity contribution < 1.29 is 19.1 Å². The van der Waals surface area contributed by atoms with Crippen molar-refractivity contribution in [2.24, 2.45) is 4.99 Å². The number of pyridine rings is 2. The van der Waals surface area contributed by atoms with Crippen molar-refractivity contribution in [1.82, 2.24) is 15.3 Å². The number of amidine groups is 1.